The number of hydrogen-bond donors (Lipinski definition) is 2. The van der Waals surface area contributed by atoms with Crippen molar-refractivity contribution in [3.05, 3.63) is 30.1 Å². The van der Waals surface area contributed by atoms with Gasteiger partial charge in [-0.05, 0) is 54.6 Å². The molecule has 35 heavy (non-hydrogen) atoms. The molecular formula is C28H42N4O3. The summed E-state index contributed by atoms with van der Waals surface area (Å²) < 4.78 is 0. The first kappa shape index (κ1) is 25.6. The monoisotopic (exact) mass is 482 g/mol. The number of nitrogens with zero attached hydrogens (tertiary/aromatic N) is 2. The van der Waals surface area contributed by atoms with E-state index in [1.165, 1.54) is 0 Å². The lowest BCUT2D eigenvalue weighted by atomic mass is 9.78. The zero-order valence-electron chi connectivity index (χ0n) is 22.2. The average molecular weight is 483 g/mol. The number of carbonyl (C=O) groups excluding carboxylic acids is 3. The van der Waals surface area contributed by atoms with Gasteiger partial charge in [-0.3, -0.25) is 14.6 Å². The Hall–Kier alpha value is -2.44. The Kier molecular flexibility index (Phi) is 6.75. The van der Waals surface area contributed by atoms with Gasteiger partial charge in [-0.15, -0.1) is 0 Å². The van der Waals surface area contributed by atoms with Crippen molar-refractivity contribution in [3.63, 3.8) is 0 Å². The third-order valence-corrected chi connectivity index (χ3v) is 8.73. The number of rotatable bonds is 6. The topological polar surface area (TPSA) is 91.4 Å². The number of hydrogen-bond acceptors (Lipinski definition) is 4. The Morgan fingerprint density at radius 1 is 1.14 bits per heavy atom. The molecule has 2 N–H and O–H groups in total. The SMILES string of the molecule is CC(=O)[C@@H]1[C@@H]2[C@H](CN1C(=O)[C@@H](NC(=O)NC1(Cc3ccccn3)CCCCC1)C(C)(C)C)C2(C)C. The maximum absolute atomic E-state index is 13.8. The van der Waals surface area contributed by atoms with Gasteiger partial charge in [-0.2, -0.15) is 0 Å². The highest BCUT2D eigenvalue weighted by molar-refractivity contribution is 5.93. The lowest BCUT2D eigenvalue weighted by Crippen LogP contribution is -2.62. The standard InChI is InChI=1S/C28H42N4O3/c1-18(33)22-21-20(27(21,5)6)17-32(22)24(34)23(26(2,3)4)30-25(35)31-28(13-9-7-10-14-28)16-19-12-8-11-15-29-19/h8,11-12,15,20-23H,7,9-10,13-14,16-17H2,1-6H3,(H2,30,31,35)/t20-,21-,22+,23+/m0/s1. The molecule has 2 heterocycles. The number of likely N-dealkylation sites (tertiary alicyclic amines) is 1. The van der Waals surface area contributed by atoms with E-state index in [0.717, 1.165) is 37.8 Å². The van der Waals surface area contributed by atoms with Gasteiger partial charge in [-0.1, -0.05) is 59.9 Å². The summed E-state index contributed by atoms with van der Waals surface area (Å²) in [5.74, 6) is 0.435. The van der Waals surface area contributed by atoms with E-state index in [4.69, 9.17) is 0 Å². The molecule has 0 aromatic carbocycles. The molecule has 7 heteroatoms. The number of fused-ring (bicyclic) bond motifs is 1. The second-order valence-electron chi connectivity index (χ2n) is 12.7. The van der Waals surface area contributed by atoms with Gasteiger partial charge >= 0.3 is 6.03 Å². The molecule has 192 valence electrons. The van der Waals surface area contributed by atoms with Crippen LogP contribution in [-0.4, -0.2) is 51.8 Å². The van der Waals surface area contributed by atoms with Crippen LogP contribution in [-0.2, 0) is 16.0 Å². The first-order valence-electron chi connectivity index (χ1n) is 13.2. The zero-order valence-corrected chi connectivity index (χ0v) is 22.2. The van der Waals surface area contributed by atoms with Crippen LogP contribution in [0.2, 0.25) is 0 Å². The van der Waals surface area contributed by atoms with Crippen LogP contribution < -0.4 is 10.6 Å². The summed E-state index contributed by atoms with van der Waals surface area (Å²) in [6, 6.07) is 4.43. The summed E-state index contributed by atoms with van der Waals surface area (Å²) in [5.41, 5.74) is 0.178. The largest absolute Gasteiger partial charge is 0.332 e. The van der Waals surface area contributed by atoms with Crippen molar-refractivity contribution >= 4 is 17.7 Å². The van der Waals surface area contributed by atoms with Gasteiger partial charge < -0.3 is 15.5 Å². The van der Waals surface area contributed by atoms with Crippen LogP contribution >= 0.6 is 0 Å². The average Bonchev–Trinajstić information content (AvgIpc) is 3.10. The summed E-state index contributed by atoms with van der Waals surface area (Å²) in [6.07, 6.45) is 7.52. The third kappa shape index (κ3) is 5.10. The molecule has 4 atom stereocenters. The summed E-state index contributed by atoms with van der Waals surface area (Å²) in [4.78, 5) is 46.0. The minimum Gasteiger partial charge on any atom is -0.332 e. The third-order valence-electron chi connectivity index (χ3n) is 8.73. The minimum atomic E-state index is -0.722. The van der Waals surface area contributed by atoms with Crippen molar-refractivity contribution in [1.82, 2.24) is 20.5 Å². The fraction of sp³-hybridized carbons (Fsp3) is 0.714. The highest BCUT2D eigenvalue weighted by atomic mass is 16.2. The van der Waals surface area contributed by atoms with Crippen molar-refractivity contribution in [2.24, 2.45) is 22.7 Å². The molecule has 0 bridgehead atoms. The molecule has 7 nitrogen and oxygen atoms in total. The van der Waals surface area contributed by atoms with Crippen LogP contribution in [0, 0.1) is 22.7 Å². The maximum atomic E-state index is 13.8. The normalized spacial score (nSPS) is 27.5. The van der Waals surface area contributed by atoms with E-state index in [0.29, 0.717) is 18.9 Å². The fourth-order valence-corrected chi connectivity index (χ4v) is 6.63. The predicted octanol–water partition coefficient (Wildman–Crippen LogP) is 4.11. The molecule has 0 unspecified atom stereocenters. The minimum absolute atomic E-state index is 0.0325. The first-order chi connectivity index (χ1) is 16.4. The van der Waals surface area contributed by atoms with Gasteiger partial charge in [0.1, 0.15) is 6.04 Å². The van der Waals surface area contributed by atoms with Crippen molar-refractivity contribution in [3.8, 4) is 0 Å². The zero-order chi connectivity index (χ0) is 25.6. The molecule has 2 saturated carbocycles. The summed E-state index contributed by atoms with van der Waals surface area (Å²) in [5, 5.41) is 6.29. The van der Waals surface area contributed by atoms with Crippen molar-refractivity contribution < 1.29 is 14.4 Å². The summed E-state index contributed by atoms with van der Waals surface area (Å²) >= 11 is 0. The smallest absolute Gasteiger partial charge is 0.315 e. The van der Waals surface area contributed by atoms with E-state index < -0.39 is 17.5 Å². The summed E-state index contributed by atoms with van der Waals surface area (Å²) in [6.45, 7) is 12.4. The number of carbonyl (C=O) groups is 3. The Morgan fingerprint density at radius 2 is 1.83 bits per heavy atom. The number of urea groups is 1. The van der Waals surface area contributed by atoms with Crippen LogP contribution in [0.1, 0.15) is 79.3 Å². The van der Waals surface area contributed by atoms with Gasteiger partial charge in [0.05, 0.1) is 6.04 Å². The van der Waals surface area contributed by atoms with Crippen LogP contribution in [0.15, 0.2) is 24.4 Å². The van der Waals surface area contributed by atoms with E-state index in [9.17, 15) is 14.4 Å². The molecule has 2 aliphatic carbocycles. The number of piperidine rings is 1. The van der Waals surface area contributed by atoms with Crippen LogP contribution in [0.3, 0.4) is 0 Å². The van der Waals surface area contributed by atoms with Gasteiger partial charge in [0, 0.05) is 30.4 Å². The fourth-order valence-electron chi connectivity index (χ4n) is 6.63. The predicted molar refractivity (Wildman–Crippen MR) is 136 cm³/mol. The van der Waals surface area contributed by atoms with Crippen LogP contribution in [0.5, 0.6) is 0 Å². The van der Waals surface area contributed by atoms with E-state index in [2.05, 4.69) is 29.5 Å². The molecule has 1 aliphatic heterocycles. The second kappa shape index (κ2) is 9.21. The maximum Gasteiger partial charge on any atom is 0.315 e. The molecule has 3 fully saturated rings. The number of pyridine rings is 1. The van der Waals surface area contributed by atoms with E-state index >= 15 is 0 Å². The van der Waals surface area contributed by atoms with Gasteiger partial charge in [0.25, 0.3) is 0 Å². The molecular weight excluding hydrogens is 440 g/mol. The lowest BCUT2D eigenvalue weighted by Gasteiger charge is -2.40. The molecule has 4 rings (SSSR count). The second-order valence-corrected chi connectivity index (χ2v) is 12.7. The number of Topliss-reactive ketones (excluding diaryl/α,β-unsaturated/α-hetero) is 1. The van der Waals surface area contributed by atoms with Gasteiger partial charge in [0.15, 0.2) is 5.78 Å². The van der Waals surface area contributed by atoms with Crippen molar-refractivity contribution in [1.29, 1.82) is 0 Å². The van der Waals surface area contributed by atoms with Crippen LogP contribution in [0.4, 0.5) is 4.79 Å². The van der Waals surface area contributed by atoms with E-state index in [1.807, 2.05) is 39.0 Å². The number of nitrogens with one attached hydrogen (secondary N) is 2. The number of amides is 3. The Labute approximate surface area is 209 Å². The van der Waals surface area contributed by atoms with Crippen LogP contribution in [0.25, 0.3) is 0 Å². The molecule has 0 radical (unpaired) electrons. The molecule has 0 spiro atoms. The van der Waals surface area contributed by atoms with E-state index in [1.54, 1.807) is 18.0 Å². The Balaban J connectivity index is 1.50. The quantitative estimate of drug-likeness (QED) is 0.638. The highest BCUT2D eigenvalue weighted by Crippen LogP contribution is 2.65. The Morgan fingerprint density at radius 3 is 2.40 bits per heavy atom. The molecule has 1 aromatic rings. The molecule has 1 saturated heterocycles. The molecule has 3 aliphatic rings. The van der Waals surface area contributed by atoms with E-state index in [-0.39, 0.29) is 34.6 Å². The van der Waals surface area contributed by atoms with Gasteiger partial charge in [0.2, 0.25) is 5.91 Å². The Bertz CT molecular complexity index is 962. The van der Waals surface area contributed by atoms with Gasteiger partial charge in [-0.25, -0.2) is 4.79 Å². The lowest BCUT2D eigenvalue weighted by molar-refractivity contribution is -0.142. The molecule has 3 amide bonds. The van der Waals surface area contributed by atoms with Crippen molar-refractivity contribution in [2.45, 2.75) is 97.7 Å². The molecule has 1 aromatic heterocycles. The highest BCUT2D eigenvalue weighted by Gasteiger charge is 2.69. The number of ketones is 1. The summed E-state index contributed by atoms with van der Waals surface area (Å²) in [7, 11) is 0. The first-order valence-corrected chi connectivity index (χ1v) is 13.2. The van der Waals surface area contributed by atoms with Crippen molar-refractivity contribution in [2.75, 3.05) is 6.54 Å². The number of aromatic nitrogens is 1.